The molecule has 0 saturated carbocycles. The molecule has 4 aliphatic rings. The van der Waals surface area contributed by atoms with E-state index in [1.54, 1.807) is 26.8 Å². The second-order valence-electron chi connectivity index (χ2n) is 13.8. The third-order valence-corrected chi connectivity index (χ3v) is 10.2. The Morgan fingerprint density at radius 3 is 2.29 bits per heavy atom. The van der Waals surface area contributed by atoms with Crippen molar-refractivity contribution < 1.29 is 68.4 Å². The van der Waals surface area contributed by atoms with E-state index in [0.29, 0.717) is 5.57 Å². The van der Waals surface area contributed by atoms with Crippen LogP contribution in [0.1, 0.15) is 61.8 Å². The van der Waals surface area contributed by atoms with Crippen molar-refractivity contribution in [2.75, 3.05) is 20.3 Å². The van der Waals surface area contributed by atoms with Crippen molar-refractivity contribution >= 4 is 23.5 Å². The number of carbonyl (C=O) groups excluding carboxylic acids is 4. The molecule has 14 nitrogen and oxygen atoms in total. The molecule has 14 unspecified atom stereocenters. The second kappa shape index (κ2) is 15.1. The lowest BCUT2D eigenvalue weighted by atomic mass is 9.74. The summed E-state index contributed by atoms with van der Waals surface area (Å²) in [5.41, 5.74) is -3.64. The molecule has 4 aliphatic heterocycles. The van der Waals surface area contributed by atoms with Gasteiger partial charge in [-0.25, -0.2) is 4.79 Å². The van der Waals surface area contributed by atoms with E-state index in [0.717, 1.165) is 6.92 Å². The number of carbonyl (C=O) groups is 4. The first-order valence-electron chi connectivity index (χ1n) is 16.3. The first-order chi connectivity index (χ1) is 22.2. The number of aliphatic hydroxyl groups is 5. The predicted octanol–water partition coefficient (Wildman–Crippen LogP) is 0.391. The highest BCUT2D eigenvalue weighted by molar-refractivity contribution is 5.91. The minimum atomic E-state index is -2.66. The molecule has 272 valence electrons. The summed E-state index contributed by atoms with van der Waals surface area (Å²) in [7, 11) is 1.18. The number of Topliss-reactive ketones (excluding diaryl/α,β-unsaturated/α-hetero) is 2. The van der Waals surface area contributed by atoms with Gasteiger partial charge in [0.2, 0.25) is 0 Å². The fourth-order valence-corrected chi connectivity index (χ4v) is 7.04. The molecule has 14 heteroatoms. The van der Waals surface area contributed by atoms with Crippen LogP contribution in [0.4, 0.5) is 0 Å². The van der Waals surface area contributed by atoms with E-state index in [-0.39, 0.29) is 5.92 Å². The van der Waals surface area contributed by atoms with Gasteiger partial charge in [0.25, 0.3) is 0 Å². The van der Waals surface area contributed by atoms with Crippen LogP contribution in [0.15, 0.2) is 23.8 Å². The summed E-state index contributed by atoms with van der Waals surface area (Å²) in [5.74, 6) is -10.7. The number of ketones is 2. The minimum Gasteiger partial charge on any atom is -0.463 e. The minimum absolute atomic E-state index is 0.183. The highest BCUT2D eigenvalue weighted by Crippen LogP contribution is 2.48. The van der Waals surface area contributed by atoms with Gasteiger partial charge in [0.1, 0.15) is 30.2 Å². The number of epoxide rings is 1. The summed E-state index contributed by atoms with van der Waals surface area (Å²) in [6.45, 7) is 10.7. The van der Waals surface area contributed by atoms with Crippen molar-refractivity contribution in [1.29, 1.82) is 0 Å². The van der Waals surface area contributed by atoms with Crippen LogP contribution in [0.25, 0.3) is 0 Å². The first kappa shape index (κ1) is 39.9. The zero-order chi connectivity index (χ0) is 36.5. The van der Waals surface area contributed by atoms with Crippen molar-refractivity contribution in [2.24, 2.45) is 29.6 Å². The Labute approximate surface area is 281 Å². The second-order valence-corrected chi connectivity index (χ2v) is 13.8. The number of hydrogen-bond acceptors (Lipinski definition) is 14. The van der Waals surface area contributed by atoms with Crippen LogP contribution in [-0.4, -0.2) is 123 Å². The lowest BCUT2D eigenvalue weighted by Crippen LogP contribution is -2.66. The van der Waals surface area contributed by atoms with Gasteiger partial charge in [0, 0.05) is 38.2 Å². The van der Waals surface area contributed by atoms with Gasteiger partial charge in [-0.2, -0.15) is 0 Å². The van der Waals surface area contributed by atoms with Gasteiger partial charge >= 0.3 is 11.9 Å². The molecule has 5 N–H and O–H groups in total. The standard InChI is InChI=1S/C34H52O14/c1-10-11-16(2)30-32(8,48-30)28(39)22-14-45-31(41)25(38)27(44-9)20(6)24(37)19(5)26(47-21(7)35)17(3)12-18(4)34(43)13-23(36)33(42,15-46-34)29(22)40/h10-12,16,18-20,22-23,25-28,30,36,38-39,42-43H,13-15H2,1-9H3. The highest BCUT2D eigenvalue weighted by Gasteiger charge is 2.64. The molecule has 14 atom stereocenters. The van der Waals surface area contributed by atoms with E-state index in [2.05, 4.69) is 0 Å². The number of allylic oxidation sites excluding steroid dienone is 1. The molecular formula is C34H52O14. The number of fused-ring (bicyclic) bond motifs is 14. The van der Waals surface area contributed by atoms with E-state index >= 15 is 0 Å². The van der Waals surface area contributed by atoms with Gasteiger partial charge < -0.3 is 49.2 Å². The van der Waals surface area contributed by atoms with Gasteiger partial charge in [-0.3, -0.25) is 14.4 Å². The molecule has 48 heavy (non-hydrogen) atoms. The van der Waals surface area contributed by atoms with Crippen LogP contribution >= 0.6 is 0 Å². The fraction of sp³-hybridized carbons (Fsp3) is 0.765. The van der Waals surface area contributed by atoms with Crippen molar-refractivity contribution in [3.63, 3.8) is 0 Å². The smallest absolute Gasteiger partial charge is 0.337 e. The molecule has 4 heterocycles. The summed E-state index contributed by atoms with van der Waals surface area (Å²) in [6.07, 6.45) is -4.24. The number of ether oxygens (including phenoxy) is 5. The van der Waals surface area contributed by atoms with Crippen molar-refractivity contribution in [2.45, 2.75) is 115 Å². The van der Waals surface area contributed by atoms with Crippen LogP contribution in [0, 0.1) is 29.6 Å². The lowest BCUT2D eigenvalue weighted by molar-refractivity contribution is -0.303. The highest BCUT2D eigenvalue weighted by atomic mass is 16.6. The molecule has 4 rings (SSSR count). The molecule has 0 spiro atoms. The monoisotopic (exact) mass is 684 g/mol. The predicted molar refractivity (Wildman–Crippen MR) is 168 cm³/mol. The molecule has 2 fully saturated rings. The molecule has 2 saturated heterocycles. The molecule has 0 aromatic rings. The Morgan fingerprint density at radius 2 is 1.75 bits per heavy atom. The molecular weight excluding hydrogens is 632 g/mol. The van der Waals surface area contributed by atoms with Crippen molar-refractivity contribution in [3.8, 4) is 0 Å². The fourth-order valence-electron chi connectivity index (χ4n) is 7.04. The first-order valence-corrected chi connectivity index (χ1v) is 16.3. The summed E-state index contributed by atoms with van der Waals surface area (Å²) in [5, 5.41) is 56.8. The normalized spacial score (nSPS) is 43.2. The van der Waals surface area contributed by atoms with Crippen LogP contribution in [0.5, 0.6) is 0 Å². The third kappa shape index (κ3) is 7.76. The quantitative estimate of drug-likeness (QED) is 0.145. The van der Waals surface area contributed by atoms with E-state index < -0.39 is 120 Å². The number of aliphatic hydroxyl groups excluding tert-OH is 3. The Morgan fingerprint density at radius 1 is 1.12 bits per heavy atom. The van der Waals surface area contributed by atoms with Crippen LogP contribution < -0.4 is 0 Å². The summed E-state index contributed by atoms with van der Waals surface area (Å²) in [6, 6.07) is 0. The van der Waals surface area contributed by atoms with Gasteiger partial charge in [0.15, 0.2) is 23.3 Å². The number of esters is 2. The zero-order valence-corrected chi connectivity index (χ0v) is 29.1. The van der Waals surface area contributed by atoms with E-state index in [4.69, 9.17) is 23.7 Å². The van der Waals surface area contributed by atoms with Crippen LogP contribution in [-0.2, 0) is 42.9 Å². The molecule has 0 amide bonds. The van der Waals surface area contributed by atoms with Gasteiger partial charge in [-0.1, -0.05) is 45.9 Å². The third-order valence-electron chi connectivity index (χ3n) is 10.2. The maximum atomic E-state index is 14.1. The molecule has 0 aromatic heterocycles. The average molecular weight is 685 g/mol. The SMILES string of the molecule is CC=CC(C)C1OC1(C)C(O)C1COC(=O)C(O)C(OC)C(C)C(=O)C(C)C(OC(C)=O)C(C)=CC(C)C2(O)CC(O)C(O)(CO2)C1=O. The number of methoxy groups -OCH3 is 1. The lowest BCUT2D eigenvalue weighted by Gasteiger charge is -2.46. The summed E-state index contributed by atoms with van der Waals surface area (Å²) >= 11 is 0. The molecule has 0 aliphatic carbocycles. The van der Waals surface area contributed by atoms with E-state index in [1.807, 2.05) is 19.9 Å². The average Bonchev–Trinajstić information content (AvgIpc) is 3.73. The molecule has 0 radical (unpaired) electrons. The van der Waals surface area contributed by atoms with E-state index in [1.165, 1.54) is 27.0 Å². The van der Waals surface area contributed by atoms with Gasteiger partial charge in [-0.15, -0.1) is 0 Å². The van der Waals surface area contributed by atoms with Crippen LogP contribution in [0.3, 0.4) is 0 Å². The number of rotatable bonds is 6. The largest absolute Gasteiger partial charge is 0.463 e. The zero-order valence-electron chi connectivity index (χ0n) is 29.1. The molecule has 2 bridgehead atoms. The Hall–Kier alpha value is -2.56. The number of hydrogen-bond donors (Lipinski definition) is 5. The Balaban J connectivity index is 2.11. The van der Waals surface area contributed by atoms with Gasteiger partial charge in [0.05, 0.1) is 36.8 Å². The Kier molecular flexibility index (Phi) is 12.6. The molecule has 0 aromatic carbocycles. The van der Waals surface area contributed by atoms with E-state index in [9.17, 15) is 44.7 Å². The summed E-state index contributed by atoms with van der Waals surface area (Å²) < 4.78 is 27.7. The maximum Gasteiger partial charge on any atom is 0.337 e. The van der Waals surface area contributed by atoms with Crippen LogP contribution in [0.2, 0.25) is 0 Å². The van der Waals surface area contributed by atoms with Gasteiger partial charge in [-0.05, 0) is 26.3 Å². The van der Waals surface area contributed by atoms with Crippen molar-refractivity contribution in [3.05, 3.63) is 23.8 Å². The Bertz CT molecular complexity index is 1280. The topological polar surface area (TPSA) is 219 Å². The summed E-state index contributed by atoms with van der Waals surface area (Å²) in [4.78, 5) is 53.0. The van der Waals surface area contributed by atoms with Crippen molar-refractivity contribution in [1.82, 2.24) is 0 Å². The maximum absolute atomic E-state index is 14.1.